The number of allylic oxidation sites excluding steroid dienone is 4. The Morgan fingerprint density at radius 1 is 1.19 bits per heavy atom. The third kappa shape index (κ3) is 6.10. The molecule has 1 N–H and O–H groups in total. The first-order chi connectivity index (χ1) is 17.4. The van der Waals surface area contributed by atoms with E-state index in [1.807, 2.05) is 4.90 Å². The molecule has 2 fully saturated rings. The Bertz CT molecular complexity index is 1140. The molecule has 2 saturated heterocycles. The highest BCUT2D eigenvalue weighted by molar-refractivity contribution is 7.96. The number of ether oxygens (including phenoxy) is 2. The second kappa shape index (κ2) is 11.1. The van der Waals surface area contributed by atoms with Crippen molar-refractivity contribution in [2.75, 3.05) is 44.4 Å². The third-order valence-electron chi connectivity index (χ3n) is 6.98. The van der Waals surface area contributed by atoms with Crippen LogP contribution in [0.25, 0.3) is 0 Å². The molecule has 0 saturated carbocycles. The van der Waals surface area contributed by atoms with Crippen molar-refractivity contribution >= 4 is 32.8 Å². The summed E-state index contributed by atoms with van der Waals surface area (Å²) in [6, 6.07) is 5.11. The van der Waals surface area contributed by atoms with Gasteiger partial charge in [-0.05, 0) is 43.5 Å². The van der Waals surface area contributed by atoms with E-state index < -0.39 is 27.8 Å². The summed E-state index contributed by atoms with van der Waals surface area (Å²) >= 11 is 5.30. The lowest BCUT2D eigenvalue weighted by Crippen LogP contribution is -2.57. The number of hydrogen-bond acceptors (Lipinski definition) is 7. The van der Waals surface area contributed by atoms with Crippen molar-refractivity contribution in [1.82, 2.24) is 4.31 Å². The highest BCUT2D eigenvalue weighted by atomic mass is 32.2. The summed E-state index contributed by atoms with van der Waals surface area (Å²) in [7, 11) is -3.82. The molecule has 0 aromatic heterocycles. The predicted octanol–water partition coefficient (Wildman–Crippen LogP) is 3.69. The average molecular weight is 561 g/mol. The van der Waals surface area contributed by atoms with Crippen LogP contribution < -0.4 is 4.90 Å². The number of piperazine rings is 1. The van der Waals surface area contributed by atoms with Gasteiger partial charge in [-0.2, -0.15) is 17.5 Å². The highest BCUT2D eigenvalue weighted by Crippen LogP contribution is 2.39. The Morgan fingerprint density at radius 2 is 1.92 bits per heavy atom. The molecule has 7 nitrogen and oxygen atoms in total. The SMILES string of the molecule is C[C@](O)(c1ccc(N2CCN(S(=O)(=O)C3=CC=CCC3=S)C[C@@H]2COC[C@@H]2CCCO2)cc1)C(F)(F)F. The van der Waals surface area contributed by atoms with Gasteiger partial charge >= 0.3 is 6.18 Å². The molecule has 4 rings (SSSR count). The Labute approximate surface area is 220 Å². The molecule has 204 valence electrons. The van der Waals surface area contributed by atoms with Gasteiger partial charge in [0.1, 0.15) is 0 Å². The zero-order valence-electron chi connectivity index (χ0n) is 20.5. The topological polar surface area (TPSA) is 79.3 Å². The van der Waals surface area contributed by atoms with Gasteiger partial charge in [0.25, 0.3) is 0 Å². The molecule has 0 amide bonds. The number of thiocarbonyl (C=S) groups is 1. The van der Waals surface area contributed by atoms with E-state index in [2.05, 4.69) is 0 Å². The first kappa shape index (κ1) is 28.2. The first-order valence-electron chi connectivity index (χ1n) is 12.2. The number of alkyl halides is 3. The normalized spacial score (nSPS) is 25.3. The minimum Gasteiger partial charge on any atom is -0.377 e. The smallest absolute Gasteiger partial charge is 0.377 e. The number of hydrogen-bond donors (Lipinski definition) is 1. The standard InChI is InChI=1S/C25H31F3N2O5S2/c1-24(31,25(26,27)28)18-8-10-19(11-9-18)30-13-12-29(37(32,33)23-7-3-2-6-22(23)36)15-20(30)16-34-17-21-5-4-14-35-21/h2-3,7-11,20-21,31H,4-6,12-17H2,1H3/t20-,21+,24+/m1/s1. The number of anilines is 1. The molecule has 1 aromatic carbocycles. The molecule has 0 radical (unpaired) electrons. The molecule has 0 unspecified atom stereocenters. The van der Waals surface area contributed by atoms with Crippen LogP contribution in [0.3, 0.4) is 0 Å². The Morgan fingerprint density at radius 3 is 2.54 bits per heavy atom. The van der Waals surface area contributed by atoms with Crippen molar-refractivity contribution in [3.8, 4) is 0 Å². The maximum atomic E-state index is 13.4. The largest absolute Gasteiger partial charge is 0.421 e. The zero-order valence-corrected chi connectivity index (χ0v) is 22.1. The van der Waals surface area contributed by atoms with Gasteiger partial charge in [0.2, 0.25) is 10.0 Å². The first-order valence-corrected chi connectivity index (χ1v) is 14.0. The van der Waals surface area contributed by atoms with Crippen LogP contribution in [0, 0.1) is 0 Å². The van der Waals surface area contributed by atoms with Gasteiger partial charge in [0.05, 0.1) is 30.3 Å². The van der Waals surface area contributed by atoms with Gasteiger partial charge in [0, 0.05) is 43.2 Å². The second-order valence-electron chi connectivity index (χ2n) is 9.59. The third-order valence-corrected chi connectivity index (χ3v) is 9.44. The Balaban J connectivity index is 1.54. The summed E-state index contributed by atoms with van der Waals surface area (Å²) in [5, 5.41) is 10.0. The number of halogens is 3. The summed E-state index contributed by atoms with van der Waals surface area (Å²) in [6.07, 6.45) is 2.43. The van der Waals surface area contributed by atoms with Crippen LogP contribution in [0.1, 0.15) is 31.7 Å². The number of nitrogens with zero attached hydrogens (tertiary/aromatic N) is 2. The maximum Gasteiger partial charge on any atom is 0.421 e. The van der Waals surface area contributed by atoms with Gasteiger partial charge < -0.3 is 19.5 Å². The van der Waals surface area contributed by atoms with E-state index in [9.17, 15) is 26.7 Å². The zero-order chi connectivity index (χ0) is 26.8. The van der Waals surface area contributed by atoms with Crippen LogP contribution in [-0.2, 0) is 25.1 Å². The van der Waals surface area contributed by atoms with Crippen LogP contribution in [0.5, 0.6) is 0 Å². The van der Waals surface area contributed by atoms with E-state index in [4.69, 9.17) is 21.7 Å². The molecule has 1 aromatic rings. The second-order valence-corrected chi connectivity index (χ2v) is 12.0. The van der Waals surface area contributed by atoms with E-state index in [0.717, 1.165) is 12.8 Å². The molecule has 2 aliphatic heterocycles. The van der Waals surface area contributed by atoms with Gasteiger partial charge in [-0.1, -0.05) is 36.5 Å². The fourth-order valence-electron chi connectivity index (χ4n) is 4.67. The van der Waals surface area contributed by atoms with Gasteiger partial charge in [-0.15, -0.1) is 0 Å². The molecular weight excluding hydrogens is 529 g/mol. The lowest BCUT2D eigenvalue weighted by molar-refractivity contribution is -0.258. The van der Waals surface area contributed by atoms with Crippen LogP contribution >= 0.6 is 12.2 Å². The number of aliphatic hydroxyl groups is 1. The molecule has 3 atom stereocenters. The molecule has 12 heteroatoms. The molecule has 1 aliphatic carbocycles. The van der Waals surface area contributed by atoms with Gasteiger partial charge in [0.15, 0.2) is 5.60 Å². The lowest BCUT2D eigenvalue weighted by Gasteiger charge is -2.42. The van der Waals surface area contributed by atoms with Gasteiger partial charge in [-0.3, -0.25) is 0 Å². The summed E-state index contributed by atoms with van der Waals surface area (Å²) < 4.78 is 79.5. The molecule has 2 heterocycles. The van der Waals surface area contributed by atoms with E-state index in [1.165, 1.54) is 34.6 Å². The average Bonchev–Trinajstić information content (AvgIpc) is 3.37. The van der Waals surface area contributed by atoms with Crippen molar-refractivity contribution in [3.05, 3.63) is 53.0 Å². The highest BCUT2D eigenvalue weighted by Gasteiger charge is 2.51. The van der Waals surface area contributed by atoms with E-state index >= 15 is 0 Å². The van der Waals surface area contributed by atoms with E-state index in [-0.39, 0.29) is 36.3 Å². The molecule has 3 aliphatic rings. The summed E-state index contributed by atoms with van der Waals surface area (Å²) in [6.45, 7) is 2.59. The van der Waals surface area contributed by atoms with Crippen molar-refractivity contribution in [1.29, 1.82) is 0 Å². The Hall–Kier alpha value is -1.83. The predicted molar refractivity (Wildman–Crippen MR) is 138 cm³/mol. The molecule has 37 heavy (non-hydrogen) atoms. The lowest BCUT2D eigenvalue weighted by atomic mass is 9.95. The van der Waals surface area contributed by atoms with Crippen molar-refractivity contribution in [2.24, 2.45) is 0 Å². The minimum atomic E-state index is -4.82. The van der Waals surface area contributed by atoms with Crippen LogP contribution in [-0.4, -0.2) is 80.5 Å². The summed E-state index contributed by atoms with van der Waals surface area (Å²) in [5.41, 5.74) is -2.65. The Kier molecular flexibility index (Phi) is 8.46. The van der Waals surface area contributed by atoms with Crippen molar-refractivity contribution in [3.63, 3.8) is 0 Å². The molecule has 0 bridgehead atoms. The fourth-order valence-corrected chi connectivity index (χ4v) is 6.74. The molecule has 0 spiro atoms. The number of rotatable bonds is 8. The van der Waals surface area contributed by atoms with Crippen LogP contribution in [0.4, 0.5) is 18.9 Å². The van der Waals surface area contributed by atoms with E-state index in [0.29, 0.717) is 43.7 Å². The van der Waals surface area contributed by atoms with Crippen molar-refractivity contribution < 1.29 is 36.2 Å². The van der Waals surface area contributed by atoms with Gasteiger partial charge in [-0.25, -0.2) is 8.42 Å². The summed E-state index contributed by atoms with van der Waals surface area (Å²) in [4.78, 5) is 2.42. The monoisotopic (exact) mass is 560 g/mol. The van der Waals surface area contributed by atoms with Crippen LogP contribution in [0.2, 0.25) is 0 Å². The van der Waals surface area contributed by atoms with E-state index in [1.54, 1.807) is 12.2 Å². The van der Waals surface area contributed by atoms with Crippen LogP contribution in [0.15, 0.2) is 47.4 Å². The fraction of sp³-hybridized carbons (Fsp3) is 0.560. The quantitative estimate of drug-likeness (QED) is 0.486. The van der Waals surface area contributed by atoms with Crippen molar-refractivity contribution in [2.45, 2.75) is 50.1 Å². The summed E-state index contributed by atoms with van der Waals surface area (Å²) in [5.74, 6) is 0. The maximum absolute atomic E-state index is 13.4. The number of benzene rings is 1. The molecular formula is C25H31F3N2O5S2. The minimum absolute atomic E-state index is 0.00249. The number of sulfonamides is 1.